The fourth-order valence-electron chi connectivity index (χ4n) is 3.44. The van der Waals surface area contributed by atoms with Crippen molar-refractivity contribution >= 4 is 23.2 Å². The van der Waals surface area contributed by atoms with Gasteiger partial charge in [-0.25, -0.2) is 0 Å². The zero-order valence-corrected chi connectivity index (χ0v) is 11.0. The Kier molecular flexibility index (Phi) is 2.49. The molecule has 2 aliphatic carbocycles. The summed E-state index contributed by atoms with van der Waals surface area (Å²) in [7, 11) is 0. The van der Waals surface area contributed by atoms with E-state index in [0.29, 0.717) is 5.41 Å². The summed E-state index contributed by atoms with van der Waals surface area (Å²) in [5, 5.41) is 1.56. The maximum absolute atomic E-state index is 6.09. The highest BCUT2D eigenvalue weighted by molar-refractivity contribution is 6.34. The summed E-state index contributed by atoms with van der Waals surface area (Å²) in [6.45, 7) is 2.37. The molecule has 1 unspecified atom stereocenters. The summed E-state index contributed by atoms with van der Waals surface area (Å²) in [6, 6.07) is 6.05. The SMILES string of the molecule is C[C@@H]1CC[C@@]2(c3cc(Cl)cc(Cl)c3)CC2C1. The minimum Gasteiger partial charge on any atom is -0.0843 e. The number of benzene rings is 1. The molecule has 16 heavy (non-hydrogen) atoms. The second kappa shape index (κ2) is 3.65. The van der Waals surface area contributed by atoms with Crippen LogP contribution in [-0.4, -0.2) is 0 Å². The highest BCUT2D eigenvalue weighted by Gasteiger charge is 2.56. The summed E-state index contributed by atoms with van der Waals surface area (Å²) in [5.41, 5.74) is 1.81. The third-order valence-electron chi connectivity index (χ3n) is 4.44. The Morgan fingerprint density at radius 3 is 2.50 bits per heavy atom. The van der Waals surface area contributed by atoms with E-state index in [1.54, 1.807) is 0 Å². The number of halogens is 2. The number of hydrogen-bond acceptors (Lipinski definition) is 0. The molecule has 2 saturated carbocycles. The van der Waals surface area contributed by atoms with Crippen molar-refractivity contribution in [1.29, 1.82) is 0 Å². The first-order valence-corrected chi connectivity index (χ1v) is 6.82. The molecule has 0 spiro atoms. The summed E-state index contributed by atoms with van der Waals surface area (Å²) >= 11 is 12.2. The number of fused-ring (bicyclic) bond motifs is 1. The van der Waals surface area contributed by atoms with Crippen LogP contribution in [0.15, 0.2) is 18.2 Å². The zero-order chi connectivity index (χ0) is 11.3. The van der Waals surface area contributed by atoms with E-state index in [1.807, 2.05) is 6.07 Å². The van der Waals surface area contributed by atoms with Crippen molar-refractivity contribution in [3.05, 3.63) is 33.8 Å². The van der Waals surface area contributed by atoms with Gasteiger partial charge in [-0.1, -0.05) is 30.1 Å². The fourth-order valence-corrected chi connectivity index (χ4v) is 3.97. The van der Waals surface area contributed by atoms with Gasteiger partial charge in [-0.05, 0) is 66.7 Å². The largest absolute Gasteiger partial charge is 0.0843 e. The highest BCUT2D eigenvalue weighted by Crippen LogP contribution is 2.63. The van der Waals surface area contributed by atoms with Crippen LogP contribution < -0.4 is 0 Å². The van der Waals surface area contributed by atoms with Crippen LogP contribution in [0.4, 0.5) is 0 Å². The van der Waals surface area contributed by atoms with Crippen molar-refractivity contribution in [3.63, 3.8) is 0 Å². The molecule has 0 aromatic heterocycles. The Morgan fingerprint density at radius 1 is 1.19 bits per heavy atom. The molecule has 3 atom stereocenters. The Bertz CT molecular complexity index is 406. The molecule has 1 aromatic carbocycles. The van der Waals surface area contributed by atoms with Crippen LogP contribution in [0.25, 0.3) is 0 Å². The minimum absolute atomic E-state index is 0.432. The maximum Gasteiger partial charge on any atom is 0.0423 e. The normalized spacial score (nSPS) is 36.9. The van der Waals surface area contributed by atoms with Crippen molar-refractivity contribution in [2.75, 3.05) is 0 Å². The van der Waals surface area contributed by atoms with E-state index in [4.69, 9.17) is 23.2 Å². The topological polar surface area (TPSA) is 0 Å². The molecule has 3 rings (SSSR count). The standard InChI is InChI=1S/C14H16Cl2/c1-9-2-3-14(8-11(14)4-9)10-5-12(15)7-13(16)6-10/h5-7,9,11H,2-4,8H2,1H3/t9-,11?,14+/m1/s1. The minimum atomic E-state index is 0.432. The smallest absolute Gasteiger partial charge is 0.0423 e. The van der Waals surface area contributed by atoms with E-state index in [1.165, 1.54) is 31.2 Å². The summed E-state index contributed by atoms with van der Waals surface area (Å²) in [4.78, 5) is 0. The molecule has 0 bridgehead atoms. The molecule has 2 heteroatoms. The summed E-state index contributed by atoms with van der Waals surface area (Å²) < 4.78 is 0. The van der Waals surface area contributed by atoms with Gasteiger partial charge in [-0.15, -0.1) is 0 Å². The molecule has 86 valence electrons. The molecule has 1 aromatic rings. The lowest BCUT2D eigenvalue weighted by Gasteiger charge is -2.26. The first-order chi connectivity index (χ1) is 7.60. The second-order valence-corrected chi connectivity index (χ2v) is 6.47. The predicted molar refractivity (Wildman–Crippen MR) is 69.3 cm³/mol. The van der Waals surface area contributed by atoms with Crippen LogP contribution in [0.2, 0.25) is 10.0 Å². The number of hydrogen-bond donors (Lipinski definition) is 0. The van der Waals surface area contributed by atoms with Crippen LogP contribution in [0, 0.1) is 11.8 Å². The quantitative estimate of drug-likeness (QED) is 0.657. The Labute approximate surface area is 107 Å². The molecule has 0 saturated heterocycles. The van der Waals surface area contributed by atoms with Crippen LogP contribution in [-0.2, 0) is 5.41 Å². The van der Waals surface area contributed by atoms with E-state index in [0.717, 1.165) is 21.9 Å². The van der Waals surface area contributed by atoms with Gasteiger partial charge in [0.05, 0.1) is 0 Å². The second-order valence-electron chi connectivity index (χ2n) is 5.59. The maximum atomic E-state index is 6.09. The van der Waals surface area contributed by atoms with Crippen LogP contribution in [0.1, 0.15) is 38.2 Å². The van der Waals surface area contributed by atoms with E-state index >= 15 is 0 Å². The zero-order valence-electron chi connectivity index (χ0n) is 9.47. The molecule has 0 nitrogen and oxygen atoms in total. The first kappa shape index (κ1) is 10.9. The predicted octanol–water partition coefficient (Wildman–Crippen LogP) is 5.07. The van der Waals surface area contributed by atoms with Gasteiger partial charge in [0.1, 0.15) is 0 Å². The van der Waals surface area contributed by atoms with Crippen LogP contribution >= 0.6 is 23.2 Å². The van der Waals surface area contributed by atoms with Gasteiger partial charge < -0.3 is 0 Å². The van der Waals surface area contributed by atoms with Gasteiger partial charge in [0.15, 0.2) is 0 Å². The Hall–Kier alpha value is -0.200. The van der Waals surface area contributed by atoms with E-state index < -0.39 is 0 Å². The van der Waals surface area contributed by atoms with E-state index in [9.17, 15) is 0 Å². The average molecular weight is 255 g/mol. The van der Waals surface area contributed by atoms with Gasteiger partial charge in [-0.2, -0.15) is 0 Å². The van der Waals surface area contributed by atoms with Crippen molar-refractivity contribution in [2.45, 2.75) is 38.0 Å². The summed E-state index contributed by atoms with van der Waals surface area (Å²) in [6.07, 6.45) is 5.38. The lowest BCUT2D eigenvalue weighted by molar-refractivity contribution is 0.337. The van der Waals surface area contributed by atoms with Gasteiger partial charge >= 0.3 is 0 Å². The molecule has 0 amide bonds. The molecule has 2 aliphatic rings. The van der Waals surface area contributed by atoms with E-state index in [2.05, 4.69) is 19.1 Å². The Morgan fingerprint density at radius 2 is 1.88 bits per heavy atom. The third kappa shape index (κ3) is 1.67. The third-order valence-corrected chi connectivity index (χ3v) is 4.88. The first-order valence-electron chi connectivity index (χ1n) is 6.07. The highest BCUT2D eigenvalue weighted by atomic mass is 35.5. The van der Waals surface area contributed by atoms with Gasteiger partial charge in [0, 0.05) is 10.0 Å². The van der Waals surface area contributed by atoms with Gasteiger partial charge in [0.25, 0.3) is 0 Å². The van der Waals surface area contributed by atoms with Crippen LogP contribution in [0.3, 0.4) is 0 Å². The monoisotopic (exact) mass is 254 g/mol. The molecule has 0 N–H and O–H groups in total. The van der Waals surface area contributed by atoms with Crippen molar-refractivity contribution < 1.29 is 0 Å². The molecule has 0 radical (unpaired) electrons. The van der Waals surface area contributed by atoms with Crippen molar-refractivity contribution in [2.24, 2.45) is 11.8 Å². The van der Waals surface area contributed by atoms with Crippen molar-refractivity contribution in [3.8, 4) is 0 Å². The molecule has 2 fully saturated rings. The molecule has 0 heterocycles. The molecular weight excluding hydrogens is 239 g/mol. The Balaban J connectivity index is 1.94. The van der Waals surface area contributed by atoms with Gasteiger partial charge in [0.2, 0.25) is 0 Å². The summed E-state index contributed by atoms with van der Waals surface area (Å²) in [5.74, 6) is 1.78. The lowest BCUT2D eigenvalue weighted by Crippen LogP contribution is -2.18. The number of rotatable bonds is 1. The van der Waals surface area contributed by atoms with Crippen molar-refractivity contribution in [1.82, 2.24) is 0 Å². The van der Waals surface area contributed by atoms with Gasteiger partial charge in [-0.3, -0.25) is 0 Å². The molecule has 0 aliphatic heterocycles. The average Bonchev–Trinajstić information content (AvgIpc) is 2.91. The van der Waals surface area contributed by atoms with Crippen LogP contribution in [0.5, 0.6) is 0 Å². The van der Waals surface area contributed by atoms with E-state index in [-0.39, 0.29) is 0 Å². The lowest BCUT2D eigenvalue weighted by atomic mass is 9.79. The molecular formula is C14H16Cl2. The fraction of sp³-hybridized carbons (Fsp3) is 0.571.